The SMILES string of the molecule is O=C(COc1cc(F)ccc1F)N1CCn2c(-c3cccs3)cnc2C1. The van der Waals surface area contributed by atoms with Gasteiger partial charge in [0.1, 0.15) is 11.6 Å². The largest absolute Gasteiger partial charge is 0.481 e. The Hall–Kier alpha value is -2.74. The van der Waals surface area contributed by atoms with Gasteiger partial charge in [0, 0.05) is 19.2 Å². The molecule has 1 amide bonds. The van der Waals surface area contributed by atoms with Gasteiger partial charge in [-0.1, -0.05) is 6.07 Å². The first-order chi connectivity index (χ1) is 12.6. The van der Waals surface area contributed by atoms with Crippen LogP contribution in [0.1, 0.15) is 5.82 Å². The van der Waals surface area contributed by atoms with Crippen LogP contribution in [0.15, 0.2) is 41.9 Å². The number of carbonyl (C=O) groups is 1. The molecule has 5 nitrogen and oxygen atoms in total. The van der Waals surface area contributed by atoms with E-state index >= 15 is 0 Å². The second-order valence-corrected chi connectivity index (χ2v) is 6.82. The van der Waals surface area contributed by atoms with Crippen molar-refractivity contribution in [1.82, 2.24) is 14.5 Å². The molecule has 0 saturated carbocycles. The maximum Gasteiger partial charge on any atom is 0.260 e. The second kappa shape index (κ2) is 6.87. The van der Waals surface area contributed by atoms with Gasteiger partial charge in [-0.15, -0.1) is 11.3 Å². The summed E-state index contributed by atoms with van der Waals surface area (Å²) >= 11 is 1.64. The van der Waals surface area contributed by atoms with E-state index in [9.17, 15) is 13.6 Å². The number of thiophene rings is 1. The van der Waals surface area contributed by atoms with E-state index < -0.39 is 11.6 Å². The van der Waals surface area contributed by atoms with Crippen molar-refractivity contribution in [1.29, 1.82) is 0 Å². The van der Waals surface area contributed by atoms with Gasteiger partial charge in [0.05, 0.1) is 23.3 Å². The zero-order chi connectivity index (χ0) is 18.1. The number of fused-ring (bicyclic) bond motifs is 1. The van der Waals surface area contributed by atoms with E-state index in [1.807, 2.05) is 23.7 Å². The minimum atomic E-state index is -0.700. The van der Waals surface area contributed by atoms with Gasteiger partial charge in [0.25, 0.3) is 5.91 Å². The number of rotatable bonds is 4. The number of amides is 1. The van der Waals surface area contributed by atoms with Crippen LogP contribution in [0.4, 0.5) is 8.78 Å². The molecule has 2 aromatic heterocycles. The smallest absolute Gasteiger partial charge is 0.260 e. The first-order valence-corrected chi connectivity index (χ1v) is 8.93. The third-order valence-corrected chi connectivity index (χ3v) is 5.13. The molecule has 26 heavy (non-hydrogen) atoms. The molecule has 1 aliphatic heterocycles. The van der Waals surface area contributed by atoms with Crippen molar-refractivity contribution in [2.75, 3.05) is 13.2 Å². The van der Waals surface area contributed by atoms with Crippen LogP contribution in [0, 0.1) is 11.6 Å². The molecular formula is C18H15F2N3O2S. The van der Waals surface area contributed by atoms with E-state index in [4.69, 9.17) is 4.74 Å². The molecular weight excluding hydrogens is 360 g/mol. The molecule has 0 unspecified atom stereocenters. The monoisotopic (exact) mass is 375 g/mol. The van der Waals surface area contributed by atoms with Crippen LogP contribution in [0.2, 0.25) is 0 Å². The van der Waals surface area contributed by atoms with Gasteiger partial charge in [0.15, 0.2) is 18.2 Å². The standard InChI is InChI=1S/C18H15F2N3O2S/c19-12-3-4-13(20)15(8-12)25-11-18(24)22-5-6-23-14(9-21-17(23)10-22)16-2-1-7-26-16/h1-4,7-9H,5-6,10-11H2. The quantitative estimate of drug-likeness (QED) is 0.703. The Labute approximate surface area is 152 Å². The Balaban J connectivity index is 1.42. The van der Waals surface area contributed by atoms with Gasteiger partial charge in [-0.05, 0) is 23.6 Å². The van der Waals surface area contributed by atoms with Crippen LogP contribution in [0.25, 0.3) is 10.6 Å². The number of halogens is 2. The van der Waals surface area contributed by atoms with E-state index in [1.165, 1.54) is 0 Å². The maximum atomic E-state index is 13.6. The van der Waals surface area contributed by atoms with Gasteiger partial charge < -0.3 is 14.2 Å². The number of carbonyl (C=O) groups excluding carboxylic acids is 1. The van der Waals surface area contributed by atoms with Gasteiger partial charge in [0.2, 0.25) is 0 Å². The van der Waals surface area contributed by atoms with Crippen LogP contribution in [-0.4, -0.2) is 33.5 Å². The van der Waals surface area contributed by atoms with Crippen molar-refractivity contribution in [3.8, 4) is 16.3 Å². The summed E-state index contributed by atoms with van der Waals surface area (Å²) in [6.45, 7) is 1.15. The Kier molecular flexibility index (Phi) is 4.42. The average molecular weight is 375 g/mol. The molecule has 1 aromatic carbocycles. The fourth-order valence-electron chi connectivity index (χ4n) is 2.91. The maximum absolute atomic E-state index is 13.6. The van der Waals surface area contributed by atoms with Crippen molar-refractivity contribution < 1.29 is 18.3 Å². The topological polar surface area (TPSA) is 47.4 Å². The van der Waals surface area contributed by atoms with Crippen LogP contribution in [0.3, 0.4) is 0 Å². The van der Waals surface area contributed by atoms with Crippen molar-refractivity contribution in [2.45, 2.75) is 13.1 Å². The number of aromatic nitrogens is 2. The summed E-state index contributed by atoms with van der Waals surface area (Å²) in [5, 5.41) is 2.01. The first-order valence-electron chi connectivity index (χ1n) is 8.06. The Morgan fingerprint density at radius 1 is 1.27 bits per heavy atom. The molecule has 0 aliphatic carbocycles. The van der Waals surface area contributed by atoms with Gasteiger partial charge in [-0.25, -0.2) is 13.8 Å². The molecule has 1 aliphatic rings. The molecule has 0 N–H and O–H groups in total. The minimum absolute atomic E-state index is 0.267. The molecule has 8 heteroatoms. The molecule has 3 aromatic rings. The fraction of sp³-hybridized carbons (Fsp3) is 0.222. The van der Waals surface area contributed by atoms with Gasteiger partial charge in [-0.2, -0.15) is 0 Å². The fourth-order valence-corrected chi connectivity index (χ4v) is 3.66. The number of nitrogens with zero attached hydrogens (tertiary/aromatic N) is 3. The molecule has 134 valence electrons. The predicted octanol–water partition coefficient (Wildman–Crippen LogP) is 3.31. The van der Waals surface area contributed by atoms with E-state index in [0.29, 0.717) is 19.6 Å². The lowest BCUT2D eigenvalue weighted by atomic mass is 10.3. The lowest BCUT2D eigenvalue weighted by Gasteiger charge is -2.28. The lowest BCUT2D eigenvalue weighted by Crippen LogP contribution is -2.41. The molecule has 0 saturated heterocycles. The Morgan fingerprint density at radius 3 is 2.96 bits per heavy atom. The third-order valence-electron chi connectivity index (χ3n) is 4.23. The predicted molar refractivity (Wildman–Crippen MR) is 92.8 cm³/mol. The van der Waals surface area contributed by atoms with Crippen molar-refractivity contribution in [3.05, 3.63) is 59.4 Å². The van der Waals surface area contributed by atoms with E-state index in [0.717, 1.165) is 34.6 Å². The van der Waals surface area contributed by atoms with E-state index in [-0.39, 0.29) is 18.3 Å². The first kappa shape index (κ1) is 16.7. The highest BCUT2D eigenvalue weighted by molar-refractivity contribution is 7.13. The number of hydrogen-bond donors (Lipinski definition) is 0. The molecule has 3 heterocycles. The van der Waals surface area contributed by atoms with Gasteiger partial charge in [-0.3, -0.25) is 4.79 Å². The van der Waals surface area contributed by atoms with Crippen LogP contribution in [0.5, 0.6) is 5.75 Å². The summed E-state index contributed by atoms with van der Waals surface area (Å²) in [5.74, 6) is -1.08. The summed E-state index contributed by atoms with van der Waals surface area (Å²) in [5.41, 5.74) is 1.04. The third kappa shape index (κ3) is 3.20. The highest BCUT2D eigenvalue weighted by Crippen LogP contribution is 2.27. The average Bonchev–Trinajstić information content (AvgIpc) is 3.30. The second-order valence-electron chi connectivity index (χ2n) is 5.87. The van der Waals surface area contributed by atoms with Crippen molar-refractivity contribution in [2.24, 2.45) is 0 Å². The van der Waals surface area contributed by atoms with E-state index in [1.54, 1.807) is 16.2 Å². The molecule has 4 rings (SSSR count). The highest BCUT2D eigenvalue weighted by Gasteiger charge is 2.24. The molecule has 0 bridgehead atoms. The summed E-state index contributed by atoms with van der Waals surface area (Å²) in [6.07, 6.45) is 1.81. The Bertz CT molecular complexity index is 940. The molecule has 0 atom stereocenters. The van der Waals surface area contributed by atoms with E-state index in [2.05, 4.69) is 9.55 Å². The lowest BCUT2D eigenvalue weighted by molar-refractivity contribution is -0.134. The molecule has 0 fully saturated rings. The zero-order valence-corrected chi connectivity index (χ0v) is 14.5. The Morgan fingerprint density at radius 2 is 2.15 bits per heavy atom. The van der Waals surface area contributed by atoms with Gasteiger partial charge >= 0.3 is 0 Å². The zero-order valence-electron chi connectivity index (χ0n) is 13.7. The molecule has 0 radical (unpaired) electrons. The van der Waals surface area contributed by atoms with Crippen LogP contribution in [-0.2, 0) is 17.9 Å². The minimum Gasteiger partial charge on any atom is -0.481 e. The number of ether oxygens (including phenoxy) is 1. The normalized spacial score (nSPS) is 13.5. The summed E-state index contributed by atoms with van der Waals surface area (Å²) in [6, 6.07) is 6.92. The number of imidazole rings is 1. The van der Waals surface area contributed by atoms with Crippen LogP contribution >= 0.6 is 11.3 Å². The number of hydrogen-bond acceptors (Lipinski definition) is 4. The summed E-state index contributed by atoms with van der Waals surface area (Å²) in [7, 11) is 0. The summed E-state index contributed by atoms with van der Waals surface area (Å²) < 4.78 is 34.0. The highest BCUT2D eigenvalue weighted by atomic mass is 32.1. The van der Waals surface area contributed by atoms with Crippen LogP contribution < -0.4 is 4.74 Å². The molecule has 0 spiro atoms. The summed E-state index contributed by atoms with van der Waals surface area (Å²) in [4.78, 5) is 19.5. The number of benzene rings is 1. The van der Waals surface area contributed by atoms with Crippen molar-refractivity contribution >= 4 is 17.2 Å². The van der Waals surface area contributed by atoms with Crippen molar-refractivity contribution in [3.63, 3.8) is 0 Å².